The number of alkyl carbamates (subject to hydrolysis) is 1. The molecule has 0 fully saturated rings. The molecule has 0 saturated heterocycles. The van der Waals surface area contributed by atoms with Gasteiger partial charge < -0.3 is 10.1 Å². The molecule has 130 valence electrons. The minimum absolute atomic E-state index is 0.242. The molecule has 0 atom stereocenters. The van der Waals surface area contributed by atoms with Crippen LogP contribution in [0.3, 0.4) is 0 Å². The molecule has 0 spiro atoms. The highest BCUT2D eigenvalue weighted by molar-refractivity contribution is 6.29. The van der Waals surface area contributed by atoms with Crippen molar-refractivity contribution in [3.05, 3.63) is 70.8 Å². The molecule has 0 aliphatic rings. The van der Waals surface area contributed by atoms with Crippen molar-refractivity contribution in [2.75, 3.05) is 0 Å². The number of ether oxygens (including phenoxy) is 1. The first-order valence-corrected chi connectivity index (χ1v) is 8.12. The first-order valence-electron chi connectivity index (χ1n) is 7.74. The topological polar surface area (TPSA) is 74.0 Å². The van der Waals surface area contributed by atoms with E-state index in [9.17, 15) is 4.79 Å². The Morgan fingerprint density at radius 1 is 1.28 bits per heavy atom. The number of hydrogen-bond acceptors (Lipinski definition) is 4. The number of rotatable bonds is 6. The van der Waals surface area contributed by atoms with Gasteiger partial charge in [-0.05, 0) is 5.56 Å². The normalized spacial score (nSPS) is 10.6. The molecular formula is C17H18ClN5O2. The van der Waals surface area contributed by atoms with Crippen molar-refractivity contribution < 1.29 is 9.53 Å². The van der Waals surface area contributed by atoms with E-state index in [1.807, 2.05) is 36.5 Å². The van der Waals surface area contributed by atoms with Crippen LogP contribution in [-0.4, -0.2) is 25.7 Å². The fourth-order valence-corrected chi connectivity index (χ4v) is 2.44. The Morgan fingerprint density at radius 3 is 2.80 bits per heavy atom. The second-order valence-corrected chi connectivity index (χ2v) is 5.93. The van der Waals surface area contributed by atoms with Crippen LogP contribution in [0, 0.1) is 0 Å². The number of benzene rings is 1. The second-order valence-electron chi connectivity index (χ2n) is 5.54. The number of nitrogens with zero attached hydrogens (tertiary/aromatic N) is 4. The second kappa shape index (κ2) is 7.85. The average molecular weight is 360 g/mol. The standard InChI is InChI=1S/C17H18ClN5O2/c1-22-16(18)7-15(21-22)11-23-10-14(9-20-23)8-19-17(24)25-12-13-5-3-2-4-6-13/h2-7,9-10H,8,11-12H2,1H3,(H,19,24). The van der Waals surface area contributed by atoms with Gasteiger partial charge in [-0.1, -0.05) is 41.9 Å². The lowest BCUT2D eigenvalue weighted by molar-refractivity contribution is 0.139. The van der Waals surface area contributed by atoms with E-state index in [1.54, 1.807) is 28.7 Å². The number of halogens is 1. The molecule has 0 aliphatic heterocycles. The van der Waals surface area contributed by atoms with Crippen LogP contribution in [0.5, 0.6) is 0 Å². The third-order valence-electron chi connectivity index (χ3n) is 3.53. The zero-order chi connectivity index (χ0) is 17.6. The molecule has 0 bridgehead atoms. The summed E-state index contributed by atoms with van der Waals surface area (Å²) < 4.78 is 8.51. The maximum atomic E-state index is 11.7. The van der Waals surface area contributed by atoms with Gasteiger partial charge >= 0.3 is 6.09 Å². The van der Waals surface area contributed by atoms with Crippen molar-refractivity contribution >= 4 is 17.7 Å². The zero-order valence-electron chi connectivity index (χ0n) is 13.7. The van der Waals surface area contributed by atoms with Crippen molar-refractivity contribution in [3.8, 4) is 0 Å². The number of nitrogens with one attached hydrogen (secondary N) is 1. The smallest absolute Gasteiger partial charge is 0.407 e. The molecule has 1 amide bonds. The molecule has 3 aromatic rings. The van der Waals surface area contributed by atoms with Gasteiger partial charge in [0.05, 0.1) is 18.4 Å². The molecule has 0 aliphatic carbocycles. The Bertz CT molecular complexity index is 824. The third-order valence-corrected chi connectivity index (χ3v) is 3.89. The number of carbonyl (C=O) groups is 1. The predicted molar refractivity (Wildman–Crippen MR) is 93.0 cm³/mol. The Labute approximate surface area is 150 Å². The lowest BCUT2D eigenvalue weighted by Crippen LogP contribution is -2.23. The summed E-state index contributed by atoms with van der Waals surface area (Å²) in [5, 5.41) is 11.8. The number of aryl methyl sites for hydroxylation is 1. The van der Waals surface area contributed by atoms with E-state index >= 15 is 0 Å². The van der Waals surface area contributed by atoms with Crippen molar-refractivity contribution in [1.29, 1.82) is 0 Å². The predicted octanol–water partition coefficient (Wildman–Crippen LogP) is 2.74. The molecule has 2 aromatic heterocycles. The summed E-state index contributed by atoms with van der Waals surface area (Å²) in [5.74, 6) is 0. The fourth-order valence-electron chi connectivity index (χ4n) is 2.28. The van der Waals surface area contributed by atoms with Gasteiger partial charge in [0.2, 0.25) is 0 Å². The van der Waals surface area contributed by atoms with E-state index < -0.39 is 6.09 Å². The van der Waals surface area contributed by atoms with Gasteiger partial charge in [-0.3, -0.25) is 9.36 Å². The highest BCUT2D eigenvalue weighted by Crippen LogP contribution is 2.10. The zero-order valence-corrected chi connectivity index (χ0v) is 14.5. The van der Waals surface area contributed by atoms with Crippen LogP contribution in [-0.2, 0) is 31.5 Å². The number of carbonyl (C=O) groups excluding carboxylic acids is 1. The van der Waals surface area contributed by atoms with E-state index in [2.05, 4.69) is 15.5 Å². The third kappa shape index (κ3) is 4.84. The van der Waals surface area contributed by atoms with Crippen LogP contribution in [0.1, 0.15) is 16.8 Å². The van der Waals surface area contributed by atoms with Crippen LogP contribution >= 0.6 is 11.6 Å². The van der Waals surface area contributed by atoms with Crippen LogP contribution in [0.2, 0.25) is 5.15 Å². The highest BCUT2D eigenvalue weighted by atomic mass is 35.5. The summed E-state index contributed by atoms with van der Waals surface area (Å²) in [6.07, 6.45) is 3.08. The molecule has 1 N–H and O–H groups in total. The summed E-state index contributed by atoms with van der Waals surface area (Å²) in [7, 11) is 1.78. The number of hydrogen-bond donors (Lipinski definition) is 1. The minimum Gasteiger partial charge on any atom is -0.445 e. The van der Waals surface area contributed by atoms with Gasteiger partial charge in [0, 0.05) is 31.4 Å². The van der Waals surface area contributed by atoms with Gasteiger partial charge in [0.1, 0.15) is 11.8 Å². The summed E-state index contributed by atoms with van der Waals surface area (Å²) >= 11 is 5.97. The lowest BCUT2D eigenvalue weighted by atomic mass is 10.2. The maximum Gasteiger partial charge on any atom is 0.407 e. The van der Waals surface area contributed by atoms with Crippen molar-refractivity contribution in [2.24, 2.45) is 7.05 Å². The van der Waals surface area contributed by atoms with Gasteiger partial charge in [-0.25, -0.2) is 4.79 Å². The molecule has 0 unspecified atom stereocenters. The van der Waals surface area contributed by atoms with E-state index in [1.165, 1.54) is 0 Å². The Kier molecular flexibility index (Phi) is 5.35. The van der Waals surface area contributed by atoms with Crippen molar-refractivity contribution in [1.82, 2.24) is 24.9 Å². The Morgan fingerprint density at radius 2 is 2.08 bits per heavy atom. The van der Waals surface area contributed by atoms with Crippen LogP contribution in [0.15, 0.2) is 48.8 Å². The largest absolute Gasteiger partial charge is 0.445 e. The highest BCUT2D eigenvalue weighted by Gasteiger charge is 2.07. The molecule has 7 nitrogen and oxygen atoms in total. The summed E-state index contributed by atoms with van der Waals surface area (Å²) in [6, 6.07) is 11.3. The Hall–Kier alpha value is -2.80. The van der Waals surface area contributed by atoms with Crippen LogP contribution in [0.25, 0.3) is 0 Å². The van der Waals surface area contributed by atoms with E-state index in [0.717, 1.165) is 16.8 Å². The quantitative estimate of drug-likeness (QED) is 0.734. The summed E-state index contributed by atoms with van der Waals surface area (Å²) in [6.45, 7) is 1.10. The first-order chi connectivity index (χ1) is 12.1. The molecule has 25 heavy (non-hydrogen) atoms. The Balaban J connectivity index is 1.45. The van der Waals surface area contributed by atoms with Gasteiger partial charge in [-0.15, -0.1) is 0 Å². The molecule has 8 heteroatoms. The van der Waals surface area contributed by atoms with E-state index in [-0.39, 0.29) is 6.61 Å². The molecule has 0 saturated carbocycles. The monoisotopic (exact) mass is 359 g/mol. The first kappa shape index (κ1) is 17.0. The number of amides is 1. The summed E-state index contributed by atoms with van der Waals surface area (Å²) in [4.78, 5) is 11.7. The fraction of sp³-hybridized carbons (Fsp3) is 0.235. The average Bonchev–Trinajstić information content (AvgIpc) is 3.18. The van der Waals surface area contributed by atoms with E-state index in [0.29, 0.717) is 18.2 Å². The van der Waals surface area contributed by atoms with Crippen molar-refractivity contribution in [3.63, 3.8) is 0 Å². The molecule has 0 radical (unpaired) electrons. The lowest BCUT2D eigenvalue weighted by Gasteiger charge is -2.06. The molecule has 1 aromatic carbocycles. The van der Waals surface area contributed by atoms with E-state index in [4.69, 9.17) is 16.3 Å². The SMILES string of the molecule is Cn1nc(Cn2cc(CNC(=O)OCc3ccccc3)cn2)cc1Cl. The molecule has 3 rings (SSSR count). The molecular weight excluding hydrogens is 342 g/mol. The number of aromatic nitrogens is 4. The van der Waals surface area contributed by atoms with Crippen LogP contribution in [0.4, 0.5) is 4.79 Å². The molecule has 2 heterocycles. The van der Waals surface area contributed by atoms with Crippen molar-refractivity contribution in [2.45, 2.75) is 19.7 Å². The van der Waals surface area contributed by atoms with Gasteiger partial charge in [-0.2, -0.15) is 10.2 Å². The summed E-state index contributed by atoms with van der Waals surface area (Å²) in [5.41, 5.74) is 2.63. The minimum atomic E-state index is -0.465. The van der Waals surface area contributed by atoms with Gasteiger partial charge in [0.15, 0.2) is 0 Å². The van der Waals surface area contributed by atoms with Crippen LogP contribution < -0.4 is 5.32 Å². The maximum absolute atomic E-state index is 11.7. The van der Waals surface area contributed by atoms with Gasteiger partial charge in [0.25, 0.3) is 0 Å².